The molecule has 10 heteroatoms. The number of hydrogen-bond acceptors (Lipinski definition) is 7. The lowest BCUT2D eigenvalue weighted by molar-refractivity contribution is 0.0456. The molecule has 2 aliphatic heterocycles. The van der Waals surface area contributed by atoms with Gasteiger partial charge in [-0.2, -0.15) is 5.26 Å². The van der Waals surface area contributed by atoms with Crippen LogP contribution in [0.4, 0.5) is 5.69 Å². The molecule has 2 aromatic rings. The van der Waals surface area contributed by atoms with Crippen LogP contribution in [0.2, 0.25) is 5.02 Å². The molecule has 1 fully saturated rings. The van der Waals surface area contributed by atoms with Gasteiger partial charge in [0.1, 0.15) is 5.75 Å². The molecule has 41 heavy (non-hydrogen) atoms. The first-order valence-electron chi connectivity index (χ1n) is 14.3. The molecule has 1 saturated carbocycles. The molecule has 0 aromatic heterocycles. The summed E-state index contributed by atoms with van der Waals surface area (Å²) >= 11 is 6.36. The fourth-order valence-electron chi connectivity index (χ4n) is 6.98. The van der Waals surface area contributed by atoms with Gasteiger partial charge in [-0.15, -0.1) is 0 Å². The number of halogens is 1. The molecule has 2 bridgehead atoms. The van der Waals surface area contributed by atoms with E-state index in [9.17, 15) is 23.6 Å². The van der Waals surface area contributed by atoms with Crippen molar-refractivity contribution in [3.05, 3.63) is 70.3 Å². The molecular weight excluding hydrogens is 562 g/mol. The molecule has 0 unspecified atom stereocenters. The number of nitrogens with zero attached hydrogens (tertiary/aromatic N) is 2. The maximum Gasteiger partial charge on any atom is 0.264 e. The van der Waals surface area contributed by atoms with Crippen molar-refractivity contribution >= 4 is 33.2 Å². The number of aliphatic hydroxyl groups excluding tert-OH is 1. The topological polar surface area (TPSA) is 120 Å². The van der Waals surface area contributed by atoms with Crippen LogP contribution in [-0.2, 0) is 21.9 Å². The minimum Gasteiger partial charge on any atom is -0.490 e. The van der Waals surface area contributed by atoms with Gasteiger partial charge in [-0.05, 0) is 98.2 Å². The Hall–Kier alpha value is -3.06. The first-order valence-corrected chi connectivity index (χ1v) is 16.2. The number of carbonyl (C=O) groups is 1. The number of benzene rings is 2. The van der Waals surface area contributed by atoms with Crippen LogP contribution in [0.15, 0.2) is 48.6 Å². The molecule has 2 aromatic carbocycles. The van der Waals surface area contributed by atoms with Crippen LogP contribution in [0.3, 0.4) is 0 Å². The molecule has 1 amide bonds. The molecule has 6 rings (SSSR count). The van der Waals surface area contributed by atoms with Crippen LogP contribution in [0.1, 0.15) is 60.0 Å². The number of carbonyl (C=O) groups excluding carboxylic acids is 1. The third kappa shape index (κ3) is 5.33. The van der Waals surface area contributed by atoms with Crippen molar-refractivity contribution in [1.82, 2.24) is 4.72 Å². The maximum atomic E-state index is 13.2. The van der Waals surface area contributed by atoms with Crippen molar-refractivity contribution in [2.24, 2.45) is 11.8 Å². The minimum atomic E-state index is -4.23. The second kappa shape index (κ2) is 11.0. The predicted octanol–water partition coefficient (Wildman–Crippen LogP) is 4.50. The molecule has 8 nitrogen and oxygen atoms in total. The number of nitriles is 1. The summed E-state index contributed by atoms with van der Waals surface area (Å²) in [6.07, 6.45) is 7.92. The molecular formula is C31H34ClN3O5S. The Balaban J connectivity index is 1.42. The zero-order valence-corrected chi connectivity index (χ0v) is 24.3. The van der Waals surface area contributed by atoms with Gasteiger partial charge in [0, 0.05) is 29.1 Å². The van der Waals surface area contributed by atoms with Crippen molar-refractivity contribution < 1.29 is 23.1 Å². The summed E-state index contributed by atoms with van der Waals surface area (Å²) in [6.45, 7) is 1.80. The fraction of sp³-hybridized carbons (Fsp3) is 0.484. The van der Waals surface area contributed by atoms with E-state index in [0.29, 0.717) is 36.9 Å². The van der Waals surface area contributed by atoms with E-state index < -0.39 is 27.3 Å². The van der Waals surface area contributed by atoms with Gasteiger partial charge in [0.2, 0.25) is 0 Å². The Bertz CT molecular complexity index is 1540. The lowest BCUT2D eigenvalue weighted by atomic mass is 9.68. The largest absolute Gasteiger partial charge is 0.490 e. The Labute approximate surface area is 246 Å². The number of rotatable bonds is 0. The monoisotopic (exact) mass is 595 g/mol. The lowest BCUT2D eigenvalue weighted by Crippen LogP contribution is -2.49. The molecule has 216 valence electrons. The first-order chi connectivity index (χ1) is 19.7. The van der Waals surface area contributed by atoms with Crippen LogP contribution in [-0.4, -0.2) is 50.5 Å². The summed E-state index contributed by atoms with van der Waals surface area (Å²) < 4.78 is 34.4. The van der Waals surface area contributed by atoms with E-state index in [-0.39, 0.29) is 29.2 Å². The number of fused-ring (bicyclic) bond motifs is 4. The molecule has 2 heterocycles. The summed E-state index contributed by atoms with van der Waals surface area (Å²) in [5.41, 5.74) is 3.08. The highest BCUT2D eigenvalue weighted by Crippen LogP contribution is 2.46. The number of allylic oxidation sites excluding steroid dienone is 1. The molecule has 2 N–H and O–H groups in total. The normalized spacial score (nSPS) is 31.7. The SMILES string of the molecule is N#C[C@H]1CC/C=C/[C@H](O)[C@@H]2CC[C@H]2CN2C[C@@]3(CCCc4cc(Cl)ccc43)COc3ccc(cc32)C(=O)NS1(=O)=O. The molecule has 5 atom stereocenters. The summed E-state index contributed by atoms with van der Waals surface area (Å²) in [5, 5.41) is 19.9. The molecule has 1 spiro atoms. The van der Waals surface area contributed by atoms with E-state index in [1.165, 1.54) is 11.1 Å². The zero-order chi connectivity index (χ0) is 28.8. The summed E-state index contributed by atoms with van der Waals surface area (Å²) in [7, 11) is -4.23. The number of aryl methyl sites for hydroxylation is 1. The zero-order valence-electron chi connectivity index (χ0n) is 22.8. The summed E-state index contributed by atoms with van der Waals surface area (Å²) in [4.78, 5) is 15.5. The Morgan fingerprint density at radius 2 is 2.02 bits per heavy atom. The quantitative estimate of drug-likeness (QED) is 0.430. The third-order valence-corrected chi connectivity index (χ3v) is 11.1. The predicted molar refractivity (Wildman–Crippen MR) is 157 cm³/mol. The highest BCUT2D eigenvalue weighted by molar-refractivity contribution is 7.90. The summed E-state index contributed by atoms with van der Waals surface area (Å²) in [6, 6.07) is 12.9. The average Bonchev–Trinajstić information content (AvgIpc) is 3.07. The Morgan fingerprint density at radius 1 is 1.17 bits per heavy atom. The molecule has 0 radical (unpaired) electrons. The third-order valence-electron chi connectivity index (χ3n) is 9.35. The van der Waals surface area contributed by atoms with Gasteiger partial charge in [0.05, 0.1) is 24.5 Å². The van der Waals surface area contributed by atoms with Crippen LogP contribution < -0.4 is 14.4 Å². The number of hydrogen-bond donors (Lipinski definition) is 2. The highest BCUT2D eigenvalue weighted by Gasteiger charge is 2.44. The van der Waals surface area contributed by atoms with Crippen molar-refractivity contribution in [1.29, 1.82) is 5.26 Å². The van der Waals surface area contributed by atoms with E-state index in [4.69, 9.17) is 16.3 Å². The number of nitrogens with one attached hydrogen (secondary N) is 1. The minimum absolute atomic E-state index is 0.0248. The van der Waals surface area contributed by atoms with E-state index >= 15 is 0 Å². The van der Waals surface area contributed by atoms with Crippen LogP contribution in [0.5, 0.6) is 5.75 Å². The number of amides is 1. The lowest BCUT2D eigenvalue weighted by Gasteiger charge is -2.45. The van der Waals surface area contributed by atoms with Gasteiger partial charge in [-0.3, -0.25) is 4.79 Å². The molecule has 2 aliphatic carbocycles. The van der Waals surface area contributed by atoms with Crippen LogP contribution in [0.25, 0.3) is 0 Å². The second-order valence-electron chi connectivity index (χ2n) is 11.9. The van der Waals surface area contributed by atoms with Crippen molar-refractivity contribution in [2.75, 3.05) is 24.6 Å². The van der Waals surface area contributed by atoms with E-state index in [1.54, 1.807) is 30.4 Å². The van der Waals surface area contributed by atoms with Crippen LogP contribution in [0, 0.1) is 23.2 Å². The van der Waals surface area contributed by atoms with Crippen molar-refractivity contribution in [3.8, 4) is 11.8 Å². The van der Waals surface area contributed by atoms with Gasteiger partial charge in [0.25, 0.3) is 15.9 Å². The van der Waals surface area contributed by atoms with Gasteiger partial charge in [-0.1, -0.05) is 29.8 Å². The smallest absolute Gasteiger partial charge is 0.264 e. The van der Waals surface area contributed by atoms with Crippen molar-refractivity contribution in [2.45, 2.75) is 61.7 Å². The number of aliphatic hydroxyl groups is 1. The molecule has 4 aliphatic rings. The van der Waals surface area contributed by atoms with Gasteiger partial charge < -0.3 is 14.7 Å². The van der Waals surface area contributed by atoms with Crippen molar-refractivity contribution in [3.63, 3.8) is 0 Å². The van der Waals surface area contributed by atoms with E-state index in [2.05, 4.69) is 15.7 Å². The van der Waals surface area contributed by atoms with Gasteiger partial charge in [0.15, 0.2) is 5.25 Å². The van der Waals surface area contributed by atoms with E-state index in [0.717, 1.165) is 37.8 Å². The average molecular weight is 596 g/mol. The fourth-order valence-corrected chi connectivity index (χ4v) is 8.28. The molecule has 0 saturated heterocycles. The number of anilines is 1. The Morgan fingerprint density at radius 3 is 2.80 bits per heavy atom. The second-order valence-corrected chi connectivity index (χ2v) is 14.2. The van der Waals surface area contributed by atoms with Crippen LogP contribution >= 0.6 is 11.6 Å². The van der Waals surface area contributed by atoms with Gasteiger partial charge in [-0.25, -0.2) is 13.1 Å². The number of sulfonamides is 1. The summed E-state index contributed by atoms with van der Waals surface area (Å²) in [5.74, 6) is 0.171. The first kappa shape index (κ1) is 28.1. The Kier molecular flexibility index (Phi) is 7.52. The van der Waals surface area contributed by atoms with Gasteiger partial charge >= 0.3 is 0 Å². The van der Waals surface area contributed by atoms with E-state index in [1.807, 2.05) is 18.2 Å². The maximum absolute atomic E-state index is 13.2. The number of ether oxygens (including phenoxy) is 1. The highest BCUT2D eigenvalue weighted by atomic mass is 35.5. The standard InChI is InChI=1S/C31H34ClN3O5S/c32-23-9-11-26-20(14-23)4-3-13-31(26)18-35-17-22-7-10-25(22)28(36)6-2-1-5-24(16-33)41(38,39)34-30(37)21-8-12-29(40-19-31)27(35)15-21/h2,6,8-9,11-12,14-15,22,24-25,28,36H,1,3-5,7,10,13,17-19H2,(H,34,37)/b6-2+/t22-,24+,25+,28-,31-/m0/s1.